The van der Waals surface area contributed by atoms with E-state index in [-0.39, 0.29) is 16.8 Å². The first-order valence-electron chi connectivity index (χ1n) is 10.6. The molecule has 0 saturated carbocycles. The van der Waals surface area contributed by atoms with E-state index in [1.807, 2.05) is 29.2 Å². The minimum atomic E-state index is -3.32. The molecule has 0 aromatic heterocycles. The summed E-state index contributed by atoms with van der Waals surface area (Å²) in [4.78, 5) is 2.20. The van der Waals surface area contributed by atoms with Gasteiger partial charge in [-0.05, 0) is 54.1 Å². The molecule has 4 rings (SSSR count). The molecule has 1 fully saturated rings. The molecule has 0 bridgehead atoms. The summed E-state index contributed by atoms with van der Waals surface area (Å²) in [5.74, 6) is 0.867. The predicted molar refractivity (Wildman–Crippen MR) is 125 cm³/mol. The zero-order chi connectivity index (χ0) is 23.4. The first-order chi connectivity index (χ1) is 15.8. The molecule has 0 aliphatic carbocycles. The van der Waals surface area contributed by atoms with Gasteiger partial charge in [-0.25, -0.2) is 12.8 Å². The zero-order valence-corrected chi connectivity index (χ0v) is 19.3. The molecule has 0 unspecified atom stereocenters. The Balaban J connectivity index is 1.73. The molecule has 1 saturated heterocycles. The van der Waals surface area contributed by atoms with Crippen LogP contribution in [0.3, 0.4) is 0 Å². The number of benzene rings is 3. The van der Waals surface area contributed by atoms with Gasteiger partial charge in [-0.1, -0.05) is 12.1 Å². The normalized spacial score (nSPS) is 15.9. The van der Waals surface area contributed by atoms with Gasteiger partial charge in [-0.3, -0.25) is 0 Å². The van der Waals surface area contributed by atoms with Crippen LogP contribution in [0, 0.1) is 5.82 Å². The average molecular weight is 472 g/mol. The number of hydrogen-bond donors (Lipinski definition) is 0. The number of anilines is 2. The maximum absolute atomic E-state index is 13.9. The van der Waals surface area contributed by atoms with Crippen LogP contribution < -0.4 is 14.4 Å². The summed E-state index contributed by atoms with van der Waals surface area (Å²) in [6, 6.07) is 18.6. The Morgan fingerprint density at radius 3 is 2.42 bits per heavy atom. The van der Waals surface area contributed by atoms with Gasteiger partial charge in [0.05, 0.1) is 25.2 Å². The average Bonchev–Trinajstić information content (AvgIpc) is 3.30. The number of methoxy groups -OCH3 is 1. The quantitative estimate of drug-likeness (QED) is 0.473. The van der Waals surface area contributed by atoms with Crippen molar-refractivity contribution in [3.05, 3.63) is 78.1 Å². The van der Waals surface area contributed by atoms with Crippen LogP contribution in [0.2, 0.25) is 0 Å². The van der Waals surface area contributed by atoms with E-state index < -0.39 is 9.84 Å². The third kappa shape index (κ3) is 5.64. The molecular formula is C25H26FNO5S. The number of hydrogen-bond acceptors (Lipinski definition) is 6. The molecular weight excluding hydrogens is 445 g/mol. The van der Waals surface area contributed by atoms with E-state index in [0.717, 1.165) is 23.4 Å². The van der Waals surface area contributed by atoms with Crippen molar-refractivity contribution < 1.29 is 27.0 Å². The molecule has 174 valence electrons. The molecule has 0 N–H and O–H groups in total. The topological polar surface area (TPSA) is 65.1 Å². The van der Waals surface area contributed by atoms with Crippen molar-refractivity contribution in [3.8, 4) is 11.5 Å². The summed E-state index contributed by atoms with van der Waals surface area (Å²) >= 11 is 0. The Hall–Kier alpha value is -3.10. The maximum atomic E-state index is 13.9. The number of ether oxygens (including phenoxy) is 3. The molecule has 1 aliphatic rings. The Kier molecular flexibility index (Phi) is 6.85. The van der Waals surface area contributed by atoms with Gasteiger partial charge in [0.25, 0.3) is 0 Å². The first kappa shape index (κ1) is 23.1. The van der Waals surface area contributed by atoms with E-state index in [1.54, 1.807) is 37.4 Å². The molecule has 6 nitrogen and oxygen atoms in total. The highest BCUT2D eigenvalue weighted by molar-refractivity contribution is 7.90. The fourth-order valence-corrected chi connectivity index (χ4v) is 4.36. The van der Waals surface area contributed by atoms with Crippen LogP contribution >= 0.6 is 0 Å². The lowest BCUT2D eigenvalue weighted by Crippen LogP contribution is -2.19. The molecule has 1 heterocycles. The van der Waals surface area contributed by atoms with Crippen molar-refractivity contribution >= 4 is 21.2 Å². The van der Waals surface area contributed by atoms with Crippen LogP contribution in [-0.4, -0.2) is 41.1 Å². The third-order valence-corrected chi connectivity index (χ3v) is 6.58. The maximum Gasteiger partial charge on any atom is 0.175 e. The standard InChI is InChI=1S/C25H26FNO5S/c1-30-24-11-8-21(15-25(24)32-22-12-13-31-17-22)27(16-18-4-3-5-19(26)14-18)20-6-9-23(10-7-20)33(2,28)29/h3-11,14-15,22H,12-13,16-17H2,1-2H3/t22-/m1/s1. The molecule has 0 spiro atoms. The highest BCUT2D eigenvalue weighted by Crippen LogP contribution is 2.37. The van der Waals surface area contributed by atoms with Crippen molar-refractivity contribution in [3.63, 3.8) is 0 Å². The minimum absolute atomic E-state index is 0.0557. The summed E-state index contributed by atoms with van der Waals surface area (Å²) in [7, 11) is -1.74. The number of halogens is 1. The molecule has 8 heteroatoms. The summed E-state index contributed by atoms with van der Waals surface area (Å²) in [6.07, 6.45) is 1.92. The number of nitrogens with zero attached hydrogens (tertiary/aromatic N) is 1. The minimum Gasteiger partial charge on any atom is -0.493 e. The Morgan fingerprint density at radius 1 is 1.03 bits per heavy atom. The second kappa shape index (κ2) is 9.80. The van der Waals surface area contributed by atoms with E-state index in [2.05, 4.69) is 0 Å². The Labute approximate surface area is 193 Å². The second-order valence-corrected chi connectivity index (χ2v) is 9.94. The smallest absolute Gasteiger partial charge is 0.175 e. The monoisotopic (exact) mass is 471 g/mol. The Morgan fingerprint density at radius 2 is 1.79 bits per heavy atom. The largest absolute Gasteiger partial charge is 0.493 e. The van der Waals surface area contributed by atoms with Gasteiger partial charge >= 0.3 is 0 Å². The molecule has 3 aromatic carbocycles. The lowest BCUT2D eigenvalue weighted by molar-refractivity contribution is 0.138. The van der Waals surface area contributed by atoms with Gasteiger partial charge in [-0.2, -0.15) is 0 Å². The summed E-state index contributed by atoms with van der Waals surface area (Å²) in [5, 5.41) is 0. The summed E-state index contributed by atoms with van der Waals surface area (Å²) < 4.78 is 54.7. The van der Waals surface area contributed by atoms with Gasteiger partial charge in [0.1, 0.15) is 11.9 Å². The van der Waals surface area contributed by atoms with E-state index >= 15 is 0 Å². The number of rotatable bonds is 8. The lowest BCUT2D eigenvalue weighted by Gasteiger charge is -2.27. The molecule has 3 aromatic rings. The van der Waals surface area contributed by atoms with Crippen molar-refractivity contribution in [2.24, 2.45) is 0 Å². The van der Waals surface area contributed by atoms with E-state index in [1.165, 1.54) is 18.4 Å². The van der Waals surface area contributed by atoms with Crippen LogP contribution in [0.4, 0.5) is 15.8 Å². The van der Waals surface area contributed by atoms with Crippen molar-refractivity contribution in [1.82, 2.24) is 0 Å². The van der Waals surface area contributed by atoms with Crippen molar-refractivity contribution in [2.45, 2.75) is 24.0 Å². The Bertz CT molecular complexity index is 1210. The SMILES string of the molecule is COc1ccc(N(Cc2cccc(F)c2)c2ccc(S(C)(=O)=O)cc2)cc1O[C@@H]1CCOC1. The number of sulfone groups is 1. The predicted octanol–water partition coefficient (Wildman–Crippen LogP) is 4.74. The van der Waals surface area contributed by atoms with Crippen molar-refractivity contribution in [2.75, 3.05) is 31.5 Å². The summed E-state index contributed by atoms with van der Waals surface area (Å²) in [6.45, 7) is 1.55. The molecule has 0 radical (unpaired) electrons. The van der Waals surface area contributed by atoms with Gasteiger partial charge in [-0.15, -0.1) is 0 Å². The van der Waals surface area contributed by atoms with Crippen LogP contribution in [0.1, 0.15) is 12.0 Å². The van der Waals surface area contributed by atoms with Gasteiger partial charge in [0, 0.05) is 36.7 Å². The van der Waals surface area contributed by atoms with Crippen LogP contribution in [-0.2, 0) is 21.1 Å². The molecule has 33 heavy (non-hydrogen) atoms. The zero-order valence-electron chi connectivity index (χ0n) is 18.5. The second-order valence-electron chi connectivity index (χ2n) is 7.92. The van der Waals surface area contributed by atoms with Crippen LogP contribution in [0.5, 0.6) is 11.5 Å². The third-order valence-electron chi connectivity index (χ3n) is 5.45. The van der Waals surface area contributed by atoms with Crippen molar-refractivity contribution in [1.29, 1.82) is 0 Å². The van der Waals surface area contributed by atoms with Gasteiger partial charge in [0.2, 0.25) is 0 Å². The molecule has 0 amide bonds. The molecule has 1 aliphatic heterocycles. The van der Waals surface area contributed by atoms with E-state index in [4.69, 9.17) is 14.2 Å². The van der Waals surface area contributed by atoms with Crippen LogP contribution in [0.15, 0.2) is 71.6 Å². The lowest BCUT2D eigenvalue weighted by atomic mass is 10.1. The fraction of sp³-hybridized carbons (Fsp3) is 0.280. The van der Waals surface area contributed by atoms with Gasteiger partial charge in [0.15, 0.2) is 21.3 Å². The summed E-state index contributed by atoms with van der Waals surface area (Å²) in [5.41, 5.74) is 2.32. The van der Waals surface area contributed by atoms with E-state index in [9.17, 15) is 12.8 Å². The van der Waals surface area contributed by atoms with Gasteiger partial charge < -0.3 is 19.1 Å². The van der Waals surface area contributed by atoms with E-state index in [0.29, 0.717) is 31.3 Å². The highest BCUT2D eigenvalue weighted by Gasteiger charge is 2.21. The van der Waals surface area contributed by atoms with Crippen LogP contribution in [0.25, 0.3) is 0 Å². The molecule has 1 atom stereocenters. The highest BCUT2D eigenvalue weighted by atomic mass is 32.2. The first-order valence-corrected chi connectivity index (χ1v) is 12.5. The fourth-order valence-electron chi connectivity index (χ4n) is 3.73.